The van der Waals surface area contributed by atoms with E-state index in [-0.39, 0.29) is 5.91 Å². The first-order chi connectivity index (χ1) is 9.79. The second-order valence-electron chi connectivity index (χ2n) is 5.26. The van der Waals surface area contributed by atoms with Gasteiger partial charge in [-0.15, -0.1) is 0 Å². The second-order valence-corrected chi connectivity index (χ2v) is 5.26. The Morgan fingerprint density at radius 2 is 1.95 bits per heavy atom. The molecule has 1 aliphatic rings. The van der Waals surface area contributed by atoms with Crippen LogP contribution in [0.1, 0.15) is 43.2 Å². The quantitative estimate of drug-likeness (QED) is 0.807. The van der Waals surface area contributed by atoms with Gasteiger partial charge in [0.2, 0.25) is 5.91 Å². The molecule has 1 aliphatic carbocycles. The van der Waals surface area contributed by atoms with Gasteiger partial charge in [-0.25, -0.2) is 0 Å². The van der Waals surface area contributed by atoms with Gasteiger partial charge in [-0.3, -0.25) is 4.79 Å². The lowest BCUT2D eigenvalue weighted by molar-refractivity contribution is -0.116. The minimum atomic E-state index is -0.145. The molecule has 1 aromatic rings. The average Bonchev–Trinajstić information content (AvgIpc) is 2.52. The van der Waals surface area contributed by atoms with Crippen molar-refractivity contribution in [2.45, 2.75) is 51.4 Å². The first-order valence-corrected chi connectivity index (χ1v) is 7.38. The highest BCUT2D eigenvalue weighted by Crippen LogP contribution is 2.22. The predicted octanol–water partition coefficient (Wildman–Crippen LogP) is 3.34. The smallest absolute Gasteiger partial charge is 0.243 e. The van der Waals surface area contributed by atoms with Crippen LogP contribution < -0.4 is 5.32 Å². The topological polar surface area (TPSA) is 38.3 Å². The Labute approximate surface area is 121 Å². The highest BCUT2D eigenvalue weighted by atomic mass is 16.5. The van der Waals surface area contributed by atoms with Crippen molar-refractivity contribution in [1.82, 2.24) is 5.32 Å². The number of amides is 1. The van der Waals surface area contributed by atoms with Crippen molar-refractivity contribution in [2.24, 2.45) is 0 Å². The maximum Gasteiger partial charge on any atom is 0.243 e. The van der Waals surface area contributed by atoms with Crippen molar-refractivity contribution in [3.63, 3.8) is 0 Å². The average molecular weight is 273 g/mol. The van der Waals surface area contributed by atoms with Crippen LogP contribution in [0, 0.1) is 0 Å². The Kier molecular flexibility index (Phi) is 5.81. The zero-order valence-corrected chi connectivity index (χ0v) is 11.9. The Hall–Kier alpha value is -1.61. The highest BCUT2D eigenvalue weighted by molar-refractivity contribution is 5.86. The molecule has 0 bridgehead atoms. The Balaban J connectivity index is 1.89. The van der Waals surface area contributed by atoms with E-state index in [1.165, 1.54) is 38.2 Å². The molecule has 108 valence electrons. The van der Waals surface area contributed by atoms with E-state index in [0.29, 0.717) is 19.3 Å². The summed E-state index contributed by atoms with van der Waals surface area (Å²) in [4.78, 5) is 11.2. The molecule has 0 saturated heterocycles. The van der Waals surface area contributed by atoms with Crippen LogP contribution in [0.2, 0.25) is 0 Å². The van der Waals surface area contributed by atoms with Gasteiger partial charge in [0.05, 0.1) is 12.7 Å². The van der Waals surface area contributed by atoms with E-state index in [0.717, 1.165) is 11.1 Å². The fourth-order valence-corrected chi connectivity index (χ4v) is 2.56. The molecule has 0 aromatic heterocycles. The molecule has 1 fully saturated rings. The summed E-state index contributed by atoms with van der Waals surface area (Å²) in [6.45, 7) is 4.61. The lowest BCUT2D eigenvalue weighted by Gasteiger charge is -2.22. The van der Waals surface area contributed by atoms with Gasteiger partial charge in [-0.1, -0.05) is 50.1 Å². The largest absolute Gasteiger partial charge is 0.374 e. The Bertz CT molecular complexity index is 450. The van der Waals surface area contributed by atoms with Crippen LogP contribution in [-0.2, 0) is 22.7 Å². The van der Waals surface area contributed by atoms with E-state index >= 15 is 0 Å². The van der Waals surface area contributed by atoms with Gasteiger partial charge in [0.1, 0.15) is 0 Å². The molecule has 3 heteroatoms. The number of carbonyl (C=O) groups excluding carboxylic acids is 1. The lowest BCUT2D eigenvalue weighted by atomic mass is 9.98. The van der Waals surface area contributed by atoms with Crippen LogP contribution in [-0.4, -0.2) is 12.0 Å². The van der Waals surface area contributed by atoms with E-state index in [1.807, 2.05) is 18.2 Å². The third kappa shape index (κ3) is 4.49. The van der Waals surface area contributed by atoms with Crippen molar-refractivity contribution < 1.29 is 9.53 Å². The molecule has 0 spiro atoms. The number of carbonyl (C=O) groups is 1. The summed E-state index contributed by atoms with van der Waals surface area (Å²) < 4.78 is 6.01. The molecule has 1 saturated carbocycles. The van der Waals surface area contributed by atoms with Crippen molar-refractivity contribution in [3.8, 4) is 0 Å². The van der Waals surface area contributed by atoms with Gasteiger partial charge < -0.3 is 10.1 Å². The van der Waals surface area contributed by atoms with Crippen LogP contribution in [0.3, 0.4) is 0 Å². The standard InChI is InChI=1S/C17H23NO2/c1-2-17(19)18-12-14-8-6-7-9-15(14)13-20-16-10-4-3-5-11-16/h2,6-9,16H,1,3-5,10-13H2,(H,18,19). The first-order valence-electron chi connectivity index (χ1n) is 7.38. The van der Waals surface area contributed by atoms with Gasteiger partial charge in [0.25, 0.3) is 0 Å². The molecule has 1 amide bonds. The van der Waals surface area contributed by atoms with Gasteiger partial charge in [-0.2, -0.15) is 0 Å². The summed E-state index contributed by atoms with van der Waals surface area (Å²) in [7, 11) is 0. The predicted molar refractivity (Wildman–Crippen MR) is 80.1 cm³/mol. The third-order valence-corrected chi connectivity index (χ3v) is 3.78. The zero-order chi connectivity index (χ0) is 14.2. The van der Waals surface area contributed by atoms with E-state index < -0.39 is 0 Å². The number of hydrogen-bond acceptors (Lipinski definition) is 2. The van der Waals surface area contributed by atoms with Crippen molar-refractivity contribution in [3.05, 3.63) is 48.0 Å². The van der Waals surface area contributed by atoms with Crippen LogP contribution in [0.4, 0.5) is 0 Å². The fourth-order valence-electron chi connectivity index (χ4n) is 2.56. The molecular formula is C17H23NO2. The van der Waals surface area contributed by atoms with E-state index in [1.54, 1.807) is 0 Å². The minimum absolute atomic E-state index is 0.145. The third-order valence-electron chi connectivity index (χ3n) is 3.78. The molecule has 1 aromatic carbocycles. The molecule has 0 atom stereocenters. The van der Waals surface area contributed by atoms with Crippen LogP contribution in [0.5, 0.6) is 0 Å². The van der Waals surface area contributed by atoms with Gasteiger partial charge >= 0.3 is 0 Å². The van der Waals surface area contributed by atoms with Crippen LogP contribution in [0.25, 0.3) is 0 Å². The Morgan fingerprint density at radius 3 is 2.65 bits per heavy atom. The van der Waals surface area contributed by atoms with Crippen molar-refractivity contribution >= 4 is 5.91 Å². The van der Waals surface area contributed by atoms with Gasteiger partial charge in [0.15, 0.2) is 0 Å². The van der Waals surface area contributed by atoms with E-state index in [4.69, 9.17) is 4.74 Å². The SMILES string of the molecule is C=CC(=O)NCc1ccccc1COC1CCCCC1. The number of rotatable bonds is 6. The molecule has 1 N–H and O–H groups in total. The molecule has 0 unspecified atom stereocenters. The lowest BCUT2D eigenvalue weighted by Crippen LogP contribution is -2.21. The highest BCUT2D eigenvalue weighted by Gasteiger charge is 2.14. The van der Waals surface area contributed by atoms with Crippen molar-refractivity contribution in [2.75, 3.05) is 0 Å². The fraction of sp³-hybridized carbons (Fsp3) is 0.471. The summed E-state index contributed by atoms with van der Waals surface area (Å²) in [5, 5.41) is 2.81. The first kappa shape index (κ1) is 14.8. The maximum atomic E-state index is 11.2. The summed E-state index contributed by atoms with van der Waals surface area (Å²) in [5.41, 5.74) is 2.26. The number of hydrogen-bond donors (Lipinski definition) is 1. The summed E-state index contributed by atoms with van der Waals surface area (Å²) in [6.07, 6.45) is 7.94. The zero-order valence-electron chi connectivity index (χ0n) is 11.9. The molecule has 0 heterocycles. The normalized spacial score (nSPS) is 15.8. The van der Waals surface area contributed by atoms with E-state index in [2.05, 4.69) is 18.0 Å². The van der Waals surface area contributed by atoms with E-state index in [9.17, 15) is 4.79 Å². The molecule has 20 heavy (non-hydrogen) atoms. The molecule has 2 rings (SSSR count). The summed E-state index contributed by atoms with van der Waals surface area (Å²) in [5.74, 6) is -0.145. The summed E-state index contributed by atoms with van der Waals surface area (Å²) >= 11 is 0. The van der Waals surface area contributed by atoms with Gasteiger partial charge in [0, 0.05) is 6.54 Å². The molecular weight excluding hydrogens is 250 g/mol. The van der Waals surface area contributed by atoms with Crippen LogP contribution >= 0.6 is 0 Å². The number of benzene rings is 1. The van der Waals surface area contributed by atoms with Crippen LogP contribution in [0.15, 0.2) is 36.9 Å². The van der Waals surface area contributed by atoms with Gasteiger partial charge in [-0.05, 0) is 30.0 Å². The number of nitrogens with one attached hydrogen (secondary N) is 1. The number of ether oxygens (including phenoxy) is 1. The Morgan fingerprint density at radius 1 is 1.25 bits per heavy atom. The minimum Gasteiger partial charge on any atom is -0.374 e. The maximum absolute atomic E-state index is 11.2. The summed E-state index contributed by atoms with van der Waals surface area (Å²) in [6, 6.07) is 8.10. The molecule has 0 radical (unpaired) electrons. The molecule has 0 aliphatic heterocycles. The monoisotopic (exact) mass is 273 g/mol. The second kappa shape index (κ2) is 7.85. The van der Waals surface area contributed by atoms with Crippen molar-refractivity contribution in [1.29, 1.82) is 0 Å². The molecule has 3 nitrogen and oxygen atoms in total.